The van der Waals surface area contributed by atoms with Crippen molar-refractivity contribution in [3.8, 4) is 5.88 Å². The van der Waals surface area contributed by atoms with Crippen molar-refractivity contribution in [2.75, 3.05) is 11.9 Å². The summed E-state index contributed by atoms with van der Waals surface area (Å²) in [5.41, 5.74) is 3.66. The van der Waals surface area contributed by atoms with Crippen LogP contribution in [0.25, 0.3) is 0 Å². The molecule has 0 saturated heterocycles. The molecule has 0 unspecified atom stereocenters. The topological polar surface area (TPSA) is 112 Å². The minimum atomic E-state index is -3.54. The molecule has 2 amide bonds. The Morgan fingerprint density at radius 1 is 1.28 bits per heavy atom. The van der Waals surface area contributed by atoms with E-state index < -0.39 is 15.9 Å². The molecule has 5 rings (SSSR count). The lowest BCUT2D eigenvalue weighted by Crippen LogP contribution is -2.19. The Kier molecular flexibility index (Phi) is 4.18. The Labute approximate surface area is 167 Å². The SMILES string of the molecule is C[C@@H]1COc2c([S@@](N)(=O)=NC(=O)Nc3c4c(c(F)c5c3CCC5)CCC4)cnn21. The summed E-state index contributed by atoms with van der Waals surface area (Å²) in [5, 5.41) is 12.8. The number of hydrogen-bond donors (Lipinski definition) is 2. The number of aromatic nitrogens is 2. The Hall–Kier alpha value is -2.46. The van der Waals surface area contributed by atoms with Crippen LogP contribution in [0.1, 0.15) is 48.1 Å². The first-order valence-corrected chi connectivity index (χ1v) is 11.4. The van der Waals surface area contributed by atoms with Crippen LogP contribution in [0, 0.1) is 5.82 Å². The normalized spacial score (nSPS) is 21.1. The van der Waals surface area contributed by atoms with E-state index in [1.54, 1.807) is 4.68 Å². The van der Waals surface area contributed by atoms with E-state index in [0.717, 1.165) is 24.0 Å². The van der Waals surface area contributed by atoms with E-state index >= 15 is 0 Å². The molecule has 3 N–H and O–H groups in total. The van der Waals surface area contributed by atoms with Crippen LogP contribution in [0.3, 0.4) is 0 Å². The predicted octanol–water partition coefficient (Wildman–Crippen LogP) is 2.89. The lowest BCUT2D eigenvalue weighted by atomic mass is 9.98. The molecule has 3 aliphatic rings. The van der Waals surface area contributed by atoms with Gasteiger partial charge in [0.15, 0.2) is 9.92 Å². The van der Waals surface area contributed by atoms with Crippen molar-refractivity contribution in [2.24, 2.45) is 9.50 Å². The van der Waals surface area contributed by atoms with E-state index in [1.807, 2.05) is 6.92 Å². The van der Waals surface area contributed by atoms with Gasteiger partial charge in [-0.25, -0.2) is 23.2 Å². The highest BCUT2D eigenvalue weighted by Crippen LogP contribution is 2.41. The molecule has 0 radical (unpaired) electrons. The number of nitrogens with one attached hydrogen (secondary N) is 1. The van der Waals surface area contributed by atoms with Crippen LogP contribution in [0.2, 0.25) is 0 Å². The third-order valence-corrected chi connectivity index (χ3v) is 7.28. The van der Waals surface area contributed by atoms with Crippen LogP contribution in [0.5, 0.6) is 5.88 Å². The van der Waals surface area contributed by atoms with E-state index in [0.29, 0.717) is 49.1 Å². The number of fused-ring (bicyclic) bond motifs is 3. The van der Waals surface area contributed by atoms with Crippen molar-refractivity contribution in [3.05, 3.63) is 34.3 Å². The molecular formula is C19H22FN5O3S. The first-order chi connectivity index (χ1) is 13.9. The molecule has 8 nitrogen and oxygen atoms in total. The lowest BCUT2D eigenvalue weighted by Gasteiger charge is -2.16. The molecule has 2 aromatic rings. The third-order valence-electron chi connectivity index (χ3n) is 5.93. The van der Waals surface area contributed by atoms with Crippen molar-refractivity contribution < 1.29 is 18.1 Å². The molecule has 29 heavy (non-hydrogen) atoms. The van der Waals surface area contributed by atoms with Gasteiger partial charge in [-0.3, -0.25) is 0 Å². The summed E-state index contributed by atoms with van der Waals surface area (Å²) in [4.78, 5) is 12.8. The maximum absolute atomic E-state index is 14.8. The number of anilines is 1. The van der Waals surface area contributed by atoms with Crippen molar-refractivity contribution in [2.45, 2.75) is 56.4 Å². The second-order valence-electron chi connectivity index (χ2n) is 7.82. The van der Waals surface area contributed by atoms with Gasteiger partial charge in [-0.05, 0) is 67.7 Å². The Bertz CT molecular complexity index is 1130. The zero-order valence-electron chi connectivity index (χ0n) is 16.0. The minimum Gasteiger partial charge on any atom is -0.475 e. The summed E-state index contributed by atoms with van der Waals surface area (Å²) < 4.78 is 38.6. The molecule has 1 aromatic heterocycles. The number of nitrogens with two attached hydrogens (primary N) is 1. The molecule has 2 aliphatic carbocycles. The van der Waals surface area contributed by atoms with Crippen LogP contribution in [-0.4, -0.2) is 26.6 Å². The number of amides is 2. The van der Waals surface area contributed by atoms with Gasteiger partial charge in [-0.1, -0.05) is 0 Å². The zero-order valence-corrected chi connectivity index (χ0v) is 16.9. The molecular weight excluding hydrogens is 397 g/mol. The number of urea groups is 1. The van der Waals surface area contributed by atoms with Gasteiger partial charge in [0.2, 0.25) is 5.88 Å². The van der Waals surface area contributed by atoms with Gasteiger partial charge in [0.1, 0.15) is 17.3 Å². The van der Waals surface area contributed by atoms with Crippen molar-refractivity contribution >= 4 is 21.6 Å². The summed E-state index contributed by atoms with van der Waals surface area (Å²) in [6, 6.07) is -0.814. The molecule has 0 saturated carbocycles. The Morgan fingerprint density at radius 2 is 1.90 bits per heavy atom. The van der Waals surface area contributed by atoms with Crippen LogP contribution in [0.4, 0.5) is 14.9 Å². The zero-order chi connectivity index (χ0) is 20.3. The highest BCUT2D eigenvalue weighted by atomic mass is 32.2. The molecule has 0 spiro atoms. The Morgan fingerprint density at radius 3 is 2.55 bits per heavy atom. The number of benzene rings is 1. The average molecular weight is 419 g/mol. The second-order valence-corrected chi connectivity index (χ2v) is 9.58. The maximum atomic E-state index is 14.8. The van der Waals surface area contributed by atoms with Gasteiger partial charge < -0.3 is 10.1 Å². The van der Waals surface area contributed by atoms with Gasteiger partial charge in [-0.15, -0.1) is 4.36 Å². The fourth-order valence-corrected chi connectivity index (χ4v) is 5.59. The molecule has 2 atom stereocenters. The second kappa shape index (κ2) is 6.53. The third kappa shape index (κ3) is 2.84. The fourth-order valence-electron chi connectivity index (χ4n) is 4.60. The molecule has 0 fully saturated rings. The first-order valence-electron chi connectivity index (χ1n) is 9.78. The van der Waals surface area contributed by atoms with Gasteiger partial charge in [0.25, 0.3) is 0 Å². The minimum absolute atomic E-state index is 0.00725. The Balaban J connectivity index is 1.51. The summed E-state index contributed by atoms with van der Waals surface area (Å²) in [5.74, 6) is 0.161. The van der Waals surface area contributed by atoms with Gasteiger partial charge in [0.05, 0.1) is 12.2 Å². The molecule has 1 aliphatic heterocycles. The monoisotopic (exact) mass is 419 g/mol. The van der Waals surface area contributed by atoms with Crippen molar-refractivity contribution in [1.29, 1.82) is 0 Å². The number of ether oxygens (including phenoxy) is 1. The molecule has 10 heteroatoms. The van der Waals surface area contributed by atoms with Crippen LogP contribution < -0.4 is 15.2 Å². The first kappa shape index (κ1) is 18.6. The maximum Gasteiger partial charge on any atom is 0.354 e. The molecule has 154 valence electrons. The number of nitrogens with zero attached hydrogens (tertiary/aromatic N) is 3. The van der Waals surface area contributed by atoms with Crippen molar-refractivity contribution in [1.82, 2.24) is 9.78 Å². The number of rotatable bonds is 2. The quantitative estimate of drug-likeness (QED) is 0.779. The van der Waals surface area contributed by atoms with Crippen molar-refractivity contribution in [3.63, 3.8) is 0 Å². The van der Waals surface area contributed by atoms with Crippen LogP contribution in [-0.2, 0) is 35.6 Å². The smallest absolute Gasteiger partial charge is 0.354 e. The number of halogens is 1. The highest BCUT2D eigenvalue weighted by molar-refractivity contribution is 7.91. The summed E-state index contributed by atoms with van der Waals surface area (Å²) in [6.45, 7) is 2.30. The number of hydrogen-bond acceptors (Lipinski definition) is 4. The lowest BCUT2D eigenvalue weighted by molar-refractivity contribution is 0.260. The van der Waals surface area contributed by atoms with E-state index in [2.05, 4.69) is 14.8 Å². The van der Waals surface area contributed by atoms with Gasteiger partial charge in [-0.2, -0.15) is 5.10 Å². The molecule has 0 bridgehead atoms. The standard InChI is InChI=1S/C19H22FN5O3S/c1-10-9-28-18-15(8-22-25(10)18)29(21,27)24-19(26)23-17-13-6-2-4-11(13)16(20)12-5-3-7-14(12)17/h8,10H,2-7,9H2,1H3,(H3,21,23,24,26,27)/t10-,29+/m1/s1. The van der Waals surface area contributed by atoms with Gasteiger partial charge in [0, 0.05) is 5.69 Å². The molecule has 1 aromatic carbocycles. The van der Waals surface area contributed by atoms with E-state index in [1.165, 1.54) is 6.20 Å². The number of carbonyl (C=O) groups is 1. The van der Waals surface area contributed by atoms with E-state index in [9.17, 15) is 13.4 Å². The molecule has 2 heterocycles. The largest absolute Gasteiger partial charge is 0.475 e. The predicted molar refractivity (Wildman–Crippen MR) is 105 cm³/mol. The summed E-state index contributed by atoms with van der Waals surface area (Å²) in [6.07, 6.45) is 5.77. The average Bonchev–Trinajstić information content (AvgIpc) is 3.43. The van der Waals surface area contributed by atoms with Crippen LogP contribution in [0.15, 0.2) is 15.5 Å². The number of carbonyl (C=O) groups excluding carboxylic acids is 1. The summed E-state index contributed by atoms with van der Waals surface area (Å²) in [7, 11) is -3.54. The highest BCUT2D eigenvalue weighted by Gasteiger charge is 2.31. The van der Waals surface area contributed by atoms with Gasteiger partial charge >= 0.3 is 6.03 Å². The van der Waals surface area contributed by atoms with E-state index in [4.69, 9.17) is 9.88 Å². The summed E-state index contributed by atoms with van der Waals surface area (Å²) >= 11 is 0. The van der Waals surface area contributed by atoms with Crippen LogP contribution >= 0.6 is 0 Å². The fraction of sp³-hybridized carbons (Fsp3) is 0.474. The van der Waals surface area contributed by atoms with E-state index in [-0.39, 0.29) is 22.6 Å².